The van der Waals surface area contributed by atoms with E-state index in [1.54, 1.807) is 104 Å². The van der Waals surface area contributed by atoms with Gasteiger partial charge in [0, 0.05) is 18.8 Å². The lowest BCUT2D eigenvalue weighted by atomic mass is 9.96. The Morgan fingerprint density at radius 2 is 0.655 bits per heavy atom. The highest BCUT2D eigenvalue weighted by Gasteiger charge is 2.40. The van der Waals surface area contributed by atoms with E-state index >= 15 is 0 Å². The van der Waals surface area contributed by atoms with Crippen molar-refractivity contribution < 1.29 is 77.0 Å². The summed E-state index contributed by atoms with van der Waals surface area (Å²) in [6, 6.07) is -18.7. The smallest absolute Gasteiger partial charge is 0.326 e. The summed E-state index contributed by atoms with van der Waals surface area (Å²) in [5.41, 5.74) is 28.4. The van der Waals surface area contributed by atoms with E-state index in [0.717, 1.165) is 0 Å². The van der Waals surface area contributed by atoms with Crippen LogP contribution in [0.25, 0.3) is 0 Å². The Bertz CT molecular complexity index is 3150. The maximum absolute atomic E-state index is 14.5. The number of carboxylic acids is 1. The summed E-state index contributed by atoms with van der Waals surface area (Å²) in [7, 11) is 0. The molecule has 0 unspecified atom stereocenters. The van der Waals surface area contributed by atoms with Crippen LogP contribution in [0, 0.1) is 58.2 Å². The molecule has 0 aliphatic carbocycles. The summed E-state index contributed by atoms with van der Waals surface area (Å²) < 4.78 is 0. The molecule has 0 bridgehead atoms. The molecule has 14 amide bonds. The van der Waals surface area contributed by atoms with Gasteiger partial charge in [-0.25, -0.2) is 4.79 Å². The first kappa shape index (κ1) is 104. The number of primary amides is 1. The van der Waals surface area contributed by atoms with Gasteiger partial charge in [0.05, 0.1) is 12.5 Å². The third-order valence-electron chi connectivity index (χ3n) is 19.1. The van der Waals surface area contributed by atoms with E-state index in [0.29, 0.717) is 32.1 Å². The molecule has 0 rings (SSSR count). The minimum atomic E-state index is -1.53. The van der Waals surface area contributed by atoms with E-state index in [-0.39, 0.29) is 112 Å². The minimum Gasteiger partial charge on any atom is -0.480 e. The van der Waals surface area contributed by atoms with Gasteiger partial charge >= 0.3 is 5.97 Å². The SMILES string of the molecule is CC[C@H](C)[C@H](N)C(=O)N[C@@H](CC(N)=O)C(=O)N[C@@H](CC(C)C)C(=O)N[C@@H](CCCNC(=N)N)C(=O)N[C@H](C(=O)N[C@H](C(=O)N[C@@H](C)C(=O)N[C@@H](CS)C(=O)N[C@@H](CC(C)C)C(=O)N[C@H](C(=O)N[C@@H](CCCNC(=N)N)C(=O)N[C@@H](CCCCN)C(=O)N[C@H](C(=O)N[C@@H](CC(C)C)C(=O)O)[C@@H](C)CC)C(C)C)[C@@H](C)CC)C(C)C. The number of hydrogen-bond acceptors (Lipinski definition) is 20. The molecule has 0 spiro atoms. The van der Waals surface area contributed by atoms with E-state index in [4.69, 9.17) is 39.5 Å². The van der Waals surface area contributed by atoms with Crippen molar-refractivity contribution >= 4 is 113 Å². The Morgan fingerprint density at radius 1 is 0.354 bits per heavy atom. The van der Waals surface area contributed by atoms with Gasteiger partial charge in [0.2, 0.25) is 82.7 Å². The molecule has 0 aromatic heterocycles. The second-order valence-electron chi connectivity index (χ2n) is 31.2. The number of hydrogen-bond donors (Lipinski definition) is 24. The normalized spacial score (nSPS) is 15.9. The Hall–Kier alpha value is -9.14. The highest BCUT2D eigenvalue weighted by Crippen LogP contribution is 2.18. The van der Waals surface area contributed by atoms with Gasteiger partial charge in [-0.05, 0) is 125 Å². The first-order valence-electron chi connectivity index (χ1n) is 39.4. The molecule has 17 atom stereocenters. The summed E-state index contributed by atoms with van der Waals surface area (Å²) in [4.78, 5) is 208. The van der Waals surface area contributed by atoms with Crippen LogP contribution in [-0.4, -0.2) is 216 Å². The molecule has 0 aromatic rings. The van der Waals surface area contributed by atoms with Crippen LogP contribution in [0.2, 0.25) is 0 Å². The predicted molar refractivity (Wildman–Crippen MR) is 432 cm³/mol. The number of thiol groups is 1. The van der Waals surface area contributed by atoms with Gasteiger partial charge in [-0.1, -0.05) is 130 Å². The van der Waals surface area contributed by atoms with Crippen molar-refractivity contribution in [3.8, 4) is 0 Å². The molecular weight excluding hydrogens is 1490 g/mol. The van der Waals surface area contributed by atoms with Gasteiger partial charge in [0.1, 0.15) is 78.5 Å². The molecular formula is C74H138N22O16S. The molecule has 0 fully saturated rings. The number of unbranched alkanes of at least 4 members (excludes halogenated alkanes) is 1. The average Bonchev–Trinajstić information content (AvgIpc) is 0.851. The predicted octanol–water partition coefficient (Wildman–Crippen LogP) is -2.23. The molecule has 646 valence electrons. The summed E-state index contributed by atoms with van der Waals surface area (Å²) in [6.07, 6.45) is 1.64. The minimum absolute atomic E-state index is 0.00566. The maximum Gasteiger partial charge on any atom is 0.326 e. The van der Waals surface area contributed by atoms with Gasteiger partial charge < -0.3 is 114 Å². The first-order chi connectivity index (χ1) is 52.7. The third-order valence-corrected chi connectivity index (χ3v) is 19.4. The number of carbonyl (C=O) groups excluding carboxylic acids is 14. The maximum atomic E-state index is 14.5. The lowest BCUT2D eigenvalue weighted by Gasteiger charge is -2.30. The van der Waals surface area contributed by atoms with Crippen LogP contribution in [0.15, 0.2) is 0 Å². The molecule has 0 aromatic carbocycles. The zero-order valence-corrected chi connectivity index (χ0v) is 70.2. The van der Waals surface area contributed by atoms with Crippen molar-refractivity contribution in [2.75, 3.05) is 25.4 Å². The van der Waals surface area contributed by atoms with Crippen molar-refractivity contribution in [1.29, 1.82) is 10.8 Å². The molecule has 113 heavy (non-hydrogen) atoms. The first-order valence-corrected chi connectivity index (χ1v) is 40.0. The number of rotatable bonds is 56. The molecule has 0 saturated carbocycles. The van der Waals surface area contributed by atoms with Gasteiger partial charge in [-0.3, -0.25) is 77.9 Å². The van der Waals surface area contributed by atoms with Gasteiger partial charge in [-0.15, -0.1) is 0 Å². The summed E-state index contributed by atoms with van der Waals surface area (Å²) >= 11 is 4.33. The standard InChI is InChI=1S/C74H138N22O16S/c1-18-41(14)54(77)67(106)90-50(34-53(76)97)64(103)88-48(31-36(4)5)63(102)86-47(27-24-30-83-74(80)81)61(100)93-56(40(12)13)69(108)96-57(42(15)19-2)70(109)84-44(17)59(98)92-52(35-113)66(105)89-49(32-37(6)7)65(104)94-55(39(10)11)68(107)87-46(26-23-29-82-73(78)79)60(99)85-45(25-21-22-28-75)62(101)95-58(43(16)20-3)71(110)91-51(72(111)112)33-38(8)9/h36-52,54-58,113H,18-35,75,77H2,1-17H3,(H2,76,97)(H,84,109)(H,85,99)(H,86,102)(H,87,107)(H,88,103)(H,89,105)(H,90,106)(H,91,110)(H,92,98)(H,93,100)(H,94,104)(H,95,101)(H,96,108)(H,111,112)(H4,78,79,82)(H4,80,81,83)/t41-,42-,43-,44-,45-,46-,47-,48-,49-,50-,51-,52-,54-,55-,56-,57-,58-/m0/s1. The van der Waals surface area contributed by atoms with E-state index in [2.05, 4.69) is 92.4 Å². The van der Waals surface area contributed by atoms with Crippen LogP contribution in [0.1, 0.15) is 208 Å². The van der Waals surface area contributed by atoms with Crippen LogP contribution in [0.3, 0.4) is 0 Å². The molecule has 0 heterocycles. The number of guanidine groups is 2. The summed E-state index contributed by atoms with van der Waals surface area (Å²) in [6.45, 7) is 29.3. The monoisotopic (exact) mass is 1620 g/mol. The number of carbonyl (C=O) groups is 15. The van der Waals surface area contributed by atoms with E-state index in [1.165, 1.54) is 6.92 Å². The van der Waals surface area contributed by atoms with Crippen molar-refractivity contribution in [2.24, 2.45) is 76.0 Å². The number of nitrogens with one attached hydrogen (secondary N) is 17. The van der Waals surface area contributed by atoms with Crippen molar-refractivity contribution in [3.05, 3.63) is 0 Å². The fourth-order valence-electron chi connectivity index (χ4n) is 11.6. The van der Waals surface area contributed by atoms with Gasteiger partial charge in [0.25, 0.3) is 0 Å². The van der Waals surface area contributed by atoms with Gasteiger partial charge in [-0.2, -0.15) is 12.6 Å². The number of aliphatic carboxylic acids is 1. The molecule has 0 aliphatic rings. The average molecular weight is 1620 g/mol. The van der Waals surface area contributed by atoms with Crippen molar-refractivity contribution in [2.45, 2.75) is 292 Å². The van der Waals surface area contributed by atoms with Crippen molar-refractivity contribution in [3.63, 3.8) is 0 Å². The Labute approximate surface area is 671 Å². The number of carboxylic acid groups (broad SMARTS) is 1. The highest BCUT2D eigenvalue weighted by molar-refractivity contribution is 7.80. The second-order valence-corrected chi connectivity index (χ2v) is 31.5. The quantitative estimate of drug-likeness (QED) is 0.0133. The van der Waals surface area contributed by atoms with Gasteiger partial charge in [0.15, 0.2) is 11.9 Å². The summed E-state index contributed by atoms with van der Waals surface area (Å²) in [5, 5.41) is 64.7. The van der Waals surface area contributed by atoms with Crippen LogP contribution < -0.4 is 108 Å². The zero-order chi connectivity index (χ0) is 86.9. The highest BCUT2D eigenvalue weighted by atomic mass is 32.1. The third kappa shape index (κ3) is 39.9. The summed E-state index contributed by atoms with van der Waals surface area (Å²) in [5.74, 6) is -17.4. The van der Waals surface area contributed by atoms with Crippen LogP contribution in [0.4, 0.5) is 0 Å². The Kier molecular flexibility index (Phi) is 49.4. The lowest BCUT2D eigenvalue weighted by molar-refractivity contribution is -0.143. The molecule has 39 heteroatoms. The second kappa shape index (κ2) is 53.8. The molecule has 0 saturated heterocycles. The number of nitrogens with two attached hydrogens (primary N) is 5. The van der Waals surface area contributed by atoms with Crippen LogP contribution in [-0.2, 0) is 71.9 Å². The number of amides is 14. The molecule has 38 nitrogen and oxygen atoms in total. The molecule has 28 N–H and O–H groups in total. The lowest BCUT2D eigenvalue weighted by Crippen LogP contribution is -2.62. The Balaban J connectivity index is 6.92. The van der Waals surface area contributed by atoms with E-state index < -0.39 is 203 Å². The largest absolute Gasteiger partial charge is 0.480 e. The molecule has 0 aliphatic heterocycles. The fraction of sp³-hybridized carbons (Fsp3) is 0.770. The van der Waals surface area contributed by atoms with Crippen molar-refractivity contribution in [1.82, 2.24) is 79.8 Å². The Morgan fingerprint density at radius 3 is 1.04 bits per heavy atom. The fourth-order valence-corrected chi connectivity index (χ4v) is 11.9. The molecule has 0 radical (unpaired) electrons. The zero-order valence-electron chi connectivity index (χ0n) is 69.3. The van der Waals surface area contributed by atoms with E-state index in [1.807, 2.05) is 6.92 Å². The van der Waals surface area contributed by atoms with Crippen LogP contribution in [0.5, 0.6) is 0 Å². The topological polar surface area (TPSA) is 635 Å². The van der Waals surface area contributed by atoms with E-state index in [9.17, 15) is 77.0 Å². The van der Waals surface area contributed by atoms with Crippen LogP contribution >= 0.6 is 12.6 Å².